The summed E-state index contributed by atoms with van der Waals surface area (Å²) in [5.74, 6) is 0.428. The minimum absolute atomic E-state index is 0.0885. The first-order valence-electron chi connectivity index (χ1n) is 12.7. The van der Waals surface area contributed by atoms with Crippen LogP contribution in [-0.2, 0) is 0 Å². The summed E-state index contributed by atoms with van der Waals surface area (Å²) in [6.07, 6.45) is 1.49. The Morgan fingerprint density at radius 1 is 1.05 bits per heavy atom. The number of aromatic nitrogens is 3. The Balaban J connectivity index is 1.19. The van der Waals surface area contributed by atoms with Gasteiger partial charge in [-0.1, -0.05) is 48.0 Å². The molecular weight excluding hydrogens is 550 g/mol. The molecule has 2 aromatic heterocycles. The number of likely N-dealkylation sites (tertiary alicyclic amines) is 1. The Kier molecular flexibility index (Phi) is 6.87. The van der Waals surface area contributed by atoms with E-state index in [2.05, 4.69) is 9.97 Å². The van der Waals surface area contributed by atoms with Crippen LogP contribution in [0.15, 0.2) is 76.9 Å². The maximum Gasteiger partial charge on any atom is 0.288 e. The molecule has 0 aliphatic carbocycles. The highest BCUT2D eigenvalue weighted by atomic mass is 35.5. The molecule has 3 aromatic carbocycles. The topological polar surface area (TPSA) is 122 Å². The number of rotatable bonds is 5. The lowest BCUT2D eigenvalue weighted by Crippen LogP contribution is -2.38. The maximum atomic E-state index is 13.6. The van der Waals surface area contributed by atoms with Crippen LogP contribution in [0.25, 0.3) is 33.5 Å². The highest BCUT2D eigenvalue weighted by molar-refractivity contribution is 7.10. The normalized spacial score (nSPS) is 14.0. The average molecular weight is 572 g/mol. The van der Waals surface area contributed by atoms with Gasteiger partial charge in [0.25, 0.3) is 17.2 Å². The third kappa shape index (κ3) is 4.87. The van der Waals surface area contributed by atoms with Crippen LogP contribution in [0.3, 0.4) is 0 Å². The zero-order chi connectivity index (χ0) is 27.8. The van der Waals surface area contributed by atoms with E-state index < -0.39 is 4.92 Å². The maximum absolute atomic E-state index is 13.6. The van der Waals surface area contributed by atoms with Gasteiger partial charge in [-0.3, -0.25) is 19.7 Å². The molecule has 0 radical (unpaired) electrons. The largest absolute Gasteiger partial charge is 0.339 e. The van der Waals surface area contributed by atoms with Gasteiger partial charge in [0.15, 0.2) is 0 Å². The highest BCUT2D eigenvalue weighted by Gasteiger charge is 2.28. The fourth-order valence-corrected chi connectivity index (χ4v) is 6.20. The van der Waals surface area contributed by atoms with Crippen molar-refractivity contribution in [1.29, 1.82) is 0 Å². The smallest absolute Gasteiger partial charge is 0.288 e. The Bertz CT molecular complexity index is 1830. The molecule has 3 heterocycles. The number of nitro benzene ring substituents is 1. The number of thiazole rings is 1. The fourth-order valence-electron chi connectivity index (χ4n) is 5.01. The molecule has 1 aliphatic heterocycles. The lowest BCUT2D eigenvalue weighted by Gasteiger charge is -2.31. The third-order valence-electron chi connectivity index (χ3n) is 7.12. The lowest BCUT2D eigenvalue weighted by molar-refractivity contribution is -0.384. The molecule has 9 nitrogen and oxygen atoms in total. The van der Waals surface area contributed by atoms with Crippen molar-refractivity contribution < 1.29 is 9.72 Å². The van der Waals surface area contributed by atoms with Gasteiger partial charge in [0, 0.05) is 41.6 Å². The number of H-pyrrole nitrogens is 1. The zero-order valence-electron chi connectivity index (χ0n) is 21.0. The molecule has 1 N–H and O–H groups in total. The Morgan fingerprint density at radius 3 is 2.60 bits per heavy atom. The molecule has 5 aromatic rings. The molecule has 0 saturated carbocycles. The SMILES string of the molecule is O=C(c1ccccc1-c1nc2ccccc2c(=O)[nH]1)N1CCC(c2nc(-c3ccc(Cl)c([N+](=O)[O-])c3)cs2)CC1. The minimum atomic E-state index is -0.502. The summed E-state index contributed by atoms with van der Waals surface area (Å²) in [5.41, 5.74) is 2.55. The number of hydrogen-bond acceptors (Lipinski definition) is 7. The van der Waals surface area contributed by atoms with E-state index in [4.69, 9.17) is 16.6 Å². The summed E-state index contributed by atoms with van der Waals surface area (Å²) in [4.78, 5) is 51.1. The summed E-state index contributed by atoms with van der Waals surface area (Å²) in [7, 11) is 0. The van der Waals surface area contributed by atoms with Crippen molar-refractivity contribution in [3.8, 4) is 22.6 Å². The molecule has 0 atom stereocenters. The number of nitrogens with zero attached hydrogens (tertiary/aromatic N) is 4. The monoisotopic (exact) mass is 571 g/mol. The van der Waals surface area contributed by atoms with Crippen LogP contribution < -0.4 is 5.56 Å². The highest BCUT2D eigenvalue weighted by Crippen LogP contribution is 2.36. The number of para-hydroxylation sites is 1. The van der Waals surface area contributed by atoms with E-state index in [1.165, 1.54) is 23.5 Å². The number of nitrogens with one attached hydrogen (secondary N) is 1. The van der Waals surface area contributed by atoms with Gasteiger partial charge >= 0.3 is 0 Å². The number of carbonyl (C=O) groups is 1. The second-order valence-corrected chi connectivity index (χ2v) is 10.8. The van der Waals surface area contributed by atoms with Crippen LogP contribution in [0.1, 0.15) is 34.1 Å². The van der Waals surface area contributed by atoms with Gasteiger partial charge in [-0.05, 0) is 37.1 Å². The molecule has 0 unspecified atom stereocenters. The molecule has 1 saturated heterocycles. The number of halogens is 1. The van der Waals surface area contributed by atoms with Crippen molar-refractivity contribution in [2.24, 2.45) is 0 Å². The summed E-state index contributed by atoms with van der Waals surface area (Å²) in [6.45, 7) is 1.11. The van der Waals surface area contributed by atoms with Gasteiger partial charge in [-0.15, -0.1) is 11.3 Å². The zero-order valence-corrected chi connectivity index (χ0v) is 22.6. The number of piperidine rings is 1. The van der Waals surface area contributed by atoms with Crippen molar-refractivity contribution in [3.63, 3.8) is 0 Å². The summed E-state index contributed by atoms with van der Waals surface area (Å²) >= 11 is 7.47. The molecule has 6 rings (SSSR count). The van der Waals surface area contributed by atoms with Crippen LogP contribution in [-0.4, -0.2) is 43.8 Å². The van der Waals surface area contributed by atoms with Crippen LogP contribution >= 0.6 is 22.9 Å². The van der Waals surface area contributed by atoms with Crippen LogP contribution in [0.5, 0.6) is 0 Å². The molecule has 11 heteroatoms. The fraction of sp³-hybridized carbons (Fsp3) is 0.172. The van der Waals surface area contributed by atoms with E-state index in [9.17, 15) is 19.7 Å². The van der Waals surface area contributed by atoms with Crippen LogP contribution in [0.2, 0.25) is 5.02 Å². The number of fused-ring (bicyclic) bond motifs is 1. The molecule has 40 heavy (non-hydrogen) atoms. The number of aromatic amines is 1. The summed E-state index contributed by atoms with van der Waals surface area (Å²) in [6, 6.07) is 19.0. The number of benzene rings is 3. The van der Waals surface area contributed by atoms with Crippen molar-refractivity contribution in [2.45, 2.75) is 18.8 Å². The van der Waals surface area contributed by atoms with Gasteiger partial charge in [0.1, 0.15) is 10.8 Å². The van der Waals surface area contributed by atoms with Crippen molar-refractivity contribution in [3.05, 3.63) is 108 Å². The van der Waals surface area contributed by atoms with E-state index >= 15 is 0 Å². The van der Waals surface area contributed by atoms with Gasteiger partial charge in [-0.25, -0.2) is 9.97 Å². The number of nitro groups is 1. The van der Waals surface area contributed by atoms with E-state index in [-0.39, 0.29) is 28.1 Å². The Labute approximate surface area is 237 Å². The van der Waals surface area contributed by atoms with Gasteiger partial charge in [-0.2, -0.15) is 0 Å². The van der Waals surface area contributed by atoms with Crippen molar-refractivity contribution in [1.82, 2.24) is 19.9 Å². The van der Waals surface area contributed by atoms with E-state index in [1.807, 2.05) is 22.4 Å². The standard InChI is InChI=1S/C29H22ClN5O4S/c30-22-10-9-18(15-25(22)35(38)39)24-16-40-28(32-24)17-11-13-34(14-12-17)29(37)20-6-2-1-5-19(20)26-31-23-8-4-3-7-21(23)27(36)33-26/h1-10,15-17H,11-14H2,(H,31,33,36). The Morgan fingerprint density at radius 2 is 1.80 bits per heavy atom. The molecular formula is C29H22ClN5O4S. The molecule has 0 spiro atoms. The number of carbonyl (C=O) groups excluding carboxylic acids is 1. The number of amides is 1. The predicted octanol–water partition coefficient (Wildman–Crippen LogP) is 6.30. The van der Waals surface area contributed by atoms with Gasteiger partial charge in [0.05, 0.1) is 32.1 Å². The first-order chi connectivity index (χ1) is 19.4. The van der Waals surface area contributed by atoms with Crippen LogP contribution in [0, 0.1) is 10.1 Å². The second-order valence-electron chi connectivity index (χ2n) is 9.54. The molecule has 1 fully saturated rings. The molecule has 200 valence electrons. The average Bonchev–Trinajstić information content (AvgIpc) is 3.47. The quantitative estimate of drug-likeness (QED) is 0.195. The molecule has 1 aliphatic rings. The molecule has 0 bridgehead atoms. The van der Waals surface area contributed by atoms with Gasteiger partial charge in [0.2, 0.25) is 0 Å². The lowest BCUT2D eigenvalue weighted by atomic mass is 9.96. The minimum Gasteiger partial charge on any atom is -0.339 e. The van der Waals surface area contributed by atoms with Gasteiger partial charge < -0.3 is 9.88 Å². The molecule has 1 amide bonds. The van der Waals surface area contributed by atoms with Crippen molar-refractivity contribution in [2.75, 3.05) is 13.1 Å². The first-order valence-corrected chi connectivity index (χ1v) is 13.9. The van der Waals surface area contributed by atoms with E-state index in [1.54, 1.807) is 42.5 Å². The predicted molar refractivity (Wildman–Crippen MR) is 155 cm³/mol. The van der Waals surface area contributed by atoms with Crippen LogP contribution in [0.4, 0.5) is 5.69 Å². The number of hydrogen-bond donors (Lipinski definition) is 1. The summed E-state index contributed by atoms with van der Waals surface area (Å²) < 4.78 is 0. The second kappa shape index (κ2) is 10.6. The summed E-state index contributed by atoms with van der Waals surface area (Å²) in [5, 5.41) is 14.7. The first kappa shape index (κ1) is 25.8. The van der Waals surface area contributed by atoms with E-state index in [0.29, 0.717) is 52.2 Å². The van der Waals surface area contributed by atoms with Crippen molar-refractivity contribution >= 4 is 45.4 Å². The Hall–Kier alpha value is -4.41. The third-order valence-corrected chi connectivity index (χ3v) is 8.44. The van der Waals surface area contributed by atoms with E-state index in [0.717, 1.165) is 17.8 Å².